The van der Waals surface area contributed by atoms with Gasteiger partial charge in [0.15, 0.2) is 5.69 Å². The number of carbonyl (C=O) groups is 1. The van der Waals surface area contributed by atoms with E-state index in [9.17, 15) is 4.79 Å². The van der Waals surface area contributed by atoms with Gasteiger partial charge in [0.2, 0.25) is 0 Å². The van der Waals surface area contributed by atoms with Crippen molar-refractivity contribution in [3.8, 4) is 5.75 Å². The number of rotatable bonds is 3. The molecule has 0 radical (unpaired) electrons. The van der Waals surface area contributed by atoms with Crippen molar-refractivity contribution in [2.75, 3.05) is 18.6 Å². The smallest absolute Gasteiger partial charge is 0.357 e. The number of ether oxygens (including phenoxy) is 1. The van der Waals surface area contributed by atoms with Crippen LogP contribution in [0.3, 0.4) is 0 Å². The Bertz CT molecular complexity index is 896. The molecule has 0 unspecified atom stereocenters. The second kappa shape index (κ2) is 5.05. The minimum atomic E-state index is -1.09. The number of methoxy groups -OCH3 is 1. The predicted molar refractivity (Wildman–Crippen MR) is 83.1 cm³/mol. The first-order chi connectivity index (χ1) is 11.2. The molecule has 7 heteroatoms. The van der Waals surface area contributed by atoms with Crippen LogP contribution in [0.1, 0.15) is 21.7 Å². The van der Waals surface area contributed by atoms with Crippen LogP contribution in [-0.2, 0) is 13.0 Å². The topological polar surface area (TPSA) is 91.6 Å². The van der Waals surface area contributed by atoms with Crippen molar-refractivity contribution in [1.82, 2.24) is 9.97 Å². The summed E-state index contributed by atoms with van der Waals surface area (Å²) < 4.78 is 10.6. The number of fused-ring (bicyclic) bond motifs is 3. The molecule has 0 atom stereocenters. The molecular formula is C16H15N3O4. The zero-order valence-corrected chi connectivity index (χ0v) is 12.5. The maximum atomic E-state index is 10.9. The Balaban J connectivity index is 1.67. The number of hydrogen-bond donors (Lipinski definition) is 2. The molecule has 0 bridgehead atoms. The van der Waals surface area contributed by atoms with E-state index in [0.717, 1.165) is 35.3 Å². The van der Waals surface area contributed by atoms with E-state index in [4.69, 9.17) is 14.3 Å². The fourth-order valence-electron chi connectivity index (χ4n) is 3.02. The van der Waals surface area contributed by atoms with Gasteiger partial charge in [0.25, 0.3) is 6.01 Å². The summed E-state index contributed by atoms with van der Waals surface area (Å²) in [5, 5.41) is 10.1. The molecule has 2 N–H and O–H groups in total. The predicted octanol–water partition coefficient (Wildman–Crippen LogP) is 2.43. The molecule has 0 saturated carbocycles. The SMILES string of the molecule is COc1ccc2[nH]c3c(c2c1)CCN(c1nc(C(=O)O)co1)C3. The molecule has 0 saturated heterocycles. The van der Waals surface area contributed by atoms with Gasteiger partial charge in [-0.2, -0.15) is 4.98 Å². The first-order valence-electron chi connectivity index (χ1n) is 7.27. The second-order valence-corrected chi connectivity index (χ2v) is 5.49. The summed E-state index contributed by atoms with van der Waals surface area (Å²) in [6, 6.07) is 6.30. The number of aromatic amines is 1. The third kappa shape index (κ3) is 2.21. The highest BCUT2D eigenvalue weighted by Crippen LogP contribution is 2.31. The van der Waals surface area contributed by atoms with Gasteiger partial charge in [-0.05, 0) is 30.2 Å². The third-order valence-electron chi connectivity index (χ3n) is 4.16. The fraction of sp³-hybridized carbons (Fsp3) is 0.250. The number of carboxylic acids is 1. The molecule has 4 rings (SSSR count). The zero-order valence-electron chi connectivity index (χ0n) is 12.5. The van der Waals surface area contributed by atoms with Crippen LogP contribution in [0.5, 0.6) is 5.75 Å². The van der Waals surface area contributed by atoms with Gasteiger partial charge in [0.1, 0.15) is 12.0 Å². The number of aromatic carboxylic acids is 1. The van der Waals surface area contributed by atoms with Gasteiger partial charge in [0.05, 0.1) is 13.7 Å². The monoisotopic (exact) mass is 313 g/mol. The van der Waals surface area contributed by atoms with E-state index in [1.54, 1.807) is 7.11 Å². The summed E-state index contributed by atoms with van der Waals surface area (Å²) in [6.07, 6.45) is 2.00. The molecule has 0 amide bonds. The Hall–Kier alpha value is -2.96. The first-order valence-corrected chi connectivity index (χ1v) is 7.27. The van der Waals surface area contributed by atoms with Gasteiger partial charge in [-0.3, -0.25) is 0 Å². The Morgan fingerprint density at radius 2 is 2.35 bits per heavy atom. The standard InChI is InChI=1S/C16H15N3O4/c1-22-9-2-3-12-11(6-9)10-4-5-19(7-13(10)17-12)16-18-14(8-23-16)15(20)21/h2-3,6,8,17H,4-5,7H2,1H3,(H,20,21). The quantitative estimate of drug-likeness (QED) is 0.771. The van der Waals surface area contributed by atoms with Gasteiger partial charge >= 0.3 is 5.97 Å². The van der Waals surface area contributed by atoms with E-state index in [1.165, 1.54) is 11.8 Å². The van der Waals surface area contributed by atoms with E-state index < -0.39 is 5.97 Å². The van der Waals surface area contributed by atoms with Crippen LogP contribution in [0.15, 0.2) is 28.9 Å². The maximum absolute atomic E-state index is 10.9. The van der Waals surface area contributed by atoms with E-state index >= 15 is 0 Å². The normalized spacial score (nSPS) is 14.0. The number of anilines is 1. The molecule has 0 aliphatic carbocycles. The van der Waals surface area contributed by atoms with Gasteiger partial charge in [0, 0.05) is 23.1 Å². The highest BCUT2D eigenvalue weighted by Gasteiger charge is 2.24. The lowest BCUT2D eigenvalue weighted by molar-refractivity contribution is 0.0690. The molecule has 23 heavy (non-hydrogen) atoms. The van der Waals surface area contributed by atoms with Crippen LogP contribution in [0.4, 0.5) is 6.01 Å². The van der Waals surface area contributed by atoms with Crippen LogP contribution in [0.25, 0.3) is 10.9 Å². The third-order valence-corrected chi connectivity index (χ3v) is 4.16. The van der Waals surface area contributed by atoms with E-state index in [1.807, 2.05) is 23.1 Å². The average molecular weight is 313 g/mol. The fourth-order valence-corrected chi connectivity index (χ4v) is 3.02. The molecule has 2 aromatic heterocycles. The van der Waals surface area contributed by atoms with E-state index in [-0.39, 0.29) is 5.69 Å². The van der Waals surface area contributed by atoms with Crippen molar-refractivity contribution in [2.24, 2.45) is 0 Å². The van der Waals surface area contributed by atoms with E-state index in [0.29, 0.717) is 12.6 Å². The Kier molecular flexibility index (Phi) is 3.00. The number of hydrogen-bond acceptors (Lipinski definition) is 5. The van der Waals surface area contributed by atoms with Crippen LogP contribution >= 0.6 is 0 Å². The number of nitrogens with zero attached hydrogens (tertiary/aromatic N) is 2. The zero-order chi connectivity index (χ0) is 16.0. The molecule has 1 aromatic carbocycles. The highest BCUT2D eigenvalue weighted by molar-refractivity contribution is 5.87. The van der Waals surface area contributed by atoms with Crippen molar-refractivity contribution < 1.29 is 19.1 Å². The molecule has 1 aliphatic heterocycles. The van der Waals surface area contributed by atoms with Gasteiger partial charge in [-0.25, -0.2) is 4.79 Å². The number of aromatic nitrogens is 2. The first kappa shape index (κ1) is 13.7. The number of oxazole rings is 1. The van der Waals surface area contributed by atoms with Crippen LogP contribution in [0, 0.1) is 0 Å². The van der Waals surface area contributed by atoms with Crippen molar-refractivity contribution in [3.63, 3.8) is 0 Å². The highest BCUT2D eigenvalue weighted by atomic mass is 16.5. The molecule has 3 aromatic rings. The number of benzene rings is 1. The molecule has 0 spiro atoms. The van der Waals surface area contributed by atoms with Gasteiger partial charge < -0.3 is 24.1 Å². The van der Waals surface area contributed by atoms with Crippen LogP contribution in [0.2, 0.25) is 0 Å². The molecule has 1 aliphatic rings. The average Bonchev–Trinajstić information content (AvgIpc) is 3.18. The largest absolute Gasteiger partial charge is 0.497 e. The minimum absolute atomic E-state index is 0.0767. The van der Waals surface area contributed by atoms with Crippen molar-refractivity contribution in [1.29, 1.82) is 0 Å². The Morgan fingerprint density at radius 3 is 3.09 bits per heavy atom. The number of nitrogens with one attached hydrogen (secondary N) is 1. The summed E-state index contributed by atoms with van der Waals surface area (Å²) in [4.78, 5) is 20.3. The lowest BCUT2D eigenvalue weighted by Gasteiger charge is -2.25. The number of carboxylic acid groups (broad SMARTS) is 1. The van der Waals surface area contributed by atoms with Crippen LogP contribution < -0.4 is 9.64 Å². The van der Waals surface area contributed by atoms with Gasteiger partial charge in [-0.1, -0.05) is 0 Å². The minimum Gasteiger partial charge on any atom is -0.497 e. The van der Waals surface area contributed by atoms with Crippen molar-refractivity contribution >= 4 is 22.9 Å². The van der Waals surface area contributed by atoms with E-state index in [2.05, 4.69) is 9.97 Å². The maximum Gasteiger partial charge on any atom is 0.357 e. The Morgan fingerprint density at radius 1 is 1.48 bits per heavy atom. The Labute approximate surface area is 131 Å². The summed E-state index contributed by atoms with van der Waals surface area (Å²) in [7, 11) is 1.66. The summed E-state index contributed by atoms with van der Waals surface area (Å²) >= 11 is 0. The molecule has 3 heterocycles. The summed E-state index contributed by atoms with van der Waals surface area (Å²) in [5.41, 5.74) is 3.35. The molecule has 118 valence electrons. The number of H-pyrrole nitrogens is 1. The van der Waals surface area contributed by atoms with Gasteiger partial charge in [-0.15, -0.1) is 0 Å². The van der Waals surface area contributed by atoms with Crippen molar-refractivity contribution in [2.45, 2.75) is 13.0 Å². The van der Waals surface area contributed by atoms with Crippen LogP contribution in [-0.4, -0.2) is 34.7 Å². The lowest BCUT2D eigenvalue weighted by atomic mass is 10.0. The second-order valence-electron chi connectivity index (χ2n) is 5.49. The van der Waals surface area contributed by atoms with Crippen molar-refractivity contribution in [3.05, 3.63) is 41.4 Å². The summed E-state index contributed by atoms with van der Waals surface area (Å²) in [5.74, 6) is -0.254. The molecular weight excluding hydrogens is 298 g/mol. The lowest BCUT2D eigenvalue weighted by Crippen LogP contribution is -2.30. The molecule has 7 nitrogen and oxygen atoms in total. The molecule has 0 fully saturated rings. The summed E-state index contributed by atoms with van der Waals surface area (Å²) in [6.45, 7) is 1.32.